The first-order valence-electron chi connectivity index (χ1n) is 5.94. The highest BCUT2D eigenvalue weighted by molar-refractivity contribution is 6.65. The molecule has 2 rings (SSSR count). The van der Waals surface area contributed by atoms with Gasteiger partial charge in [0.25, 0.3) is 0 Å². The van der Waals surface area contributed by atoms with Gasteiger partial charge in [-0.1, -0.05) is 11.6 Å². The van der Waals surface area contributed by atoms with Crippen LogP contribution in [0.4, 0.5) is 0 Å². The van der Waals surface area contributed by atoms with Crippen molar-refractivity contribution in [1.82, 2.24) is 0 Å². The van der Waals surface area contributed by atoms with Gasteiger partial charge in [-0.3, -0.25) is 0 Å². The van der Waals surface area contributed by atoms with Crippen molar-refractivity contribution in [3.05, 3.63) is 28.8 Å². The van der Waals surface area contributed by atoms with E-state index in [2.05, 4.69) is 6.07 Å². The van der Waals surface area contributed by atoms with Crippen LogP contribution in [0.3, 0.4) is 0 Å². The van der Waals surface area contributed by atoms with Gasteiger partial charge in [-0.05, 0) is 45.4 Å². The summed E-state index contributed by atoms with van der Waals surface area (Å²) in [6.45, 7) is 6.07. The summed E-state index contributed by atoms with van der Waals surface area (Å²) < 4.78 is 11.7. The third kappa shape index (κ3) is 2.86. The van der Waals surface area contributed by atoms with Gasteiger partial charge in [0.2, 0.25) is 0 Å². The van der Waals surface area contributed by atoms with Crippen LogP contribution >= 0.6 is 11.6 Å². The minimum Gasteiger partial charge on any atom is -0.405 e. The average molecular weight is 264 g/mol. The third-order valence-corrected chi connectivity index (χ3v) is 3.28. The molecule has 18 heavy (non-hydrogen) atoms. The SMILES string of the molecule is CC1CC(C)(C)OB(c2cc(C#N)ccc2Cl)O1. The van der Waals surface area contributed by atoms with Crippen LogP contribution in [0.2, 0.25) is 5.02 Å². The zero-order chi connectivity index (χ0) is 13.3. The first-order valence-corrected chi connectivity index (χ1v) is 6.32. The van der Waals surface area contributed by atoms with Crippen molar-refractivity contribution in [3.63, 3.8) is 0 Å². The van der Waals surface area contributed by atoms with Gasteiger partial charge in [0.05, 0.1) is 17.2 Å². The van der Waals surface area contributed by atoms with Gasteiger partial charge >= 0.3 is 7.12 Å². The Morgan fingerprint density at radius 2 is 2.22 bits per heavy atom. The van der Waals surface area contributed by atoms with E-state index in [1.54, 1.807) is 18.2 Å². The quantitative estimate of drug-likeness (QED) is 0.731. The highest BCUT2D eigenvalue weighted by Gasteiger charge is 2.39. The summed E-state index contributed by atoms with van der Waals surface area (Å²) in [4.78, 5) is 0. The summed E-state index contributed by atoms with van der Waals surface area (Å²) in [6.07, 6.45) is 0.930. The minimum absolute atomic E-state index is 0.0977. The molecular formula is C13H15BClNO2. The van der Waals surface area contributed by atoms with Crippen LogP contribution in [0.15, 0.2) is 18.2 Å². The van der Waals surface area contributed by atoms with Gasteiger partial charge in [0.1, 0.15) is 0 Å². The lowest BCUT2D eigenvalue weighted by molar-refractivity contribution is -0.0229. The summed E-state index contributed by atoms with van der Waals surface area (Å²) in [7, 11) is -0.510. The molecule has 0 bridgehead atoms. The standard InChI is InChI=1S/C13H15BClNO2/c1-9-7-13(2,3)18-14(17-9)11-6-10(8-16)4-5-12(11)15/h4-6,9H,7H2,1-3H3. The van der Waals surface area contributed by atoms with E-state index in [-0.39, 0.29) is 11.7 Å². The molecule has 1 heterocycles. The van der Waals surface area contributed by atoms with Crippen LogP contribution in [-0.4, -0.2) is 18.8 Å². The Bertz CT molecular complexity index is 498. The van der Waals surface area contributed by atoms with E-state index in [1.165, 1.54) is 0 Å². The highest BCUT2D eigenvalue weighted by atomic mass is 35.5. The maximum atomic E-state index is 8.93. The number of nitrogens with zero attached hydrogens (tertiary/aromatic N) is 1. The second kappa shape index (κ2) is 4.93. The largest absolute Gasteiger partial charge is 0.496 e. The molecule has 1 aliphatic rings. The molecule has 1 aromatic carbocycles. The molecule has 0 amide bonds. The molecule has 0 spiro atoms. The Morgan fingerprint density at radius 1 is 1.50 bits per heavy atom. The fraction of sp³-hybridized carbons (Fsp3) is 0.462. The van der Waals surface area contributed by atoms with Crippen molar-refractivity contribution in [2.45, 2.75) is 38.9 Å². The lowest BCUT2D eigenvalue weighted by Gasteiger charge is -2.38. The van der Waals surface area contributed by atoms with Crippen molar-refractivity contribution in [3.8, 4) is 6.07 Å². The topological polar surface area (TPSA) is 42.2 Å². The Hall–Kier alpha value is -1.02. The predicted octanol–water partition coefficient (Wildman–Crippen LogP) is 2.51. The number of halogens is 1. The molecule has 0 radical (unpaired) electrons. The lowest BCUT2D eigenvalue weighted by atomic mass is 9.74. The molecule has 1 atom stereocenters. The Morgan fingerprint density at radius 3 is 2.83 bits per heavy atom. The fourth-order valence-electron chi connectivity index (χ4n) is 2.25. The van der Waals surface area contributed by atoms with Crippen LogP contribution in [-0.2, 0) is 9.31 Å². The number of nitriles is 1. The van der Waals surface area contributed by atoms with Crippen LogP contribution in [0, 0.1) is 11.3 Å². The molecule has 1 aliphatic heterocycles. The minimum atomic E-state index is -0.510. The van der Waals surface area contributed by atoms with Gasteiger partial charge in [0.15, 0.2) is 0 Å². The number of hydrogen-bond donors (Lipinski definition) is 0. The zero-order valence-corrected chi connectivity index (χ0v) is 11.5. The van der Waals surface area contributed by atoms with E-state index in [0.29, 0.717) is 10.6 Å². The van der Waals surface area contributed by atoms with E-state index in [4.69, 9.17) is 26.2 Å². The first kappa shape index (κ1) is 13.4. The maximum Gasteiger partial charge on any atom is 0.496 e. The second-order valence-corrected chi connectivity index (χ2v) is 5.62. The molecule has 0 saturated carbocycles. The predicted molar refractivity (Wildman–Crippen MR) is 71.9 cm³/mol. The van der Waals surface area contributed by atoms with Crippen LogP contribution < -0.4 is 5.46 Å². The zero-order valence-electron chi connectivity index (χ0n) is 10.7. The molecule has 0 aliphatic carbocycles. The van der Waals surface area contributed by atoms with E-state index in [0.717, 1.165) is 11.9 Å². The van der Waals surface area contributed by atoms with Crippen molar-refractivity contribution >= 4 is 24.2 Å². The Labute approximate surface area is 113 Å². The summed E-state index contributed by atoms with van der Waals surface area (Å²) in [5, 5.41) is 9.49. The highest BCUT2D eigenvalue weighted by Crippen LogP contribution is 2.26. The monoisotopic (exact) mass is 263 g/mol. The van der Waals surface area contributed by atoms with Crippen molar-refractivity contribution in [2.24, 2.45) is 0 Å². The number of benzene rings is 1. The normalized spacial score (nSPS) is 22.6. The molecule has 0 aromatic heterocycles. The molecule has 3 nitrogen and oxygen atoms in total. The van der Waals surface area contributed by atoms with E-state index < -0.39 is 7.12 Å². The third-order valence-electron chi connectivity index (χ3n) is 2.94. The van der Waals surface area contributed by atoms with Crippen LogP contribution in [0.25, 0.3) is 0 Å². The van der Waals surface area contributed by atoms with Gasteiger partial charge < -0.3 is 9.31 Å². The first-order chi connectivity index (χ1) is 8.41. The second-order valence-electron chi connectivity index (χ2n) is 5.21. The van der Waals surface area contributed by atoms with Gasteiger partial charge in [-0.15, -0.1) is 0 Å². The van der Waals surface area contributed by atoms with E-state index in [9.17, 15) is 0 Å². The Kier molecular flexibility index (Phi) is 3.67. The van der Waals surface area contributed by atoms with Crippen molar-refractivity contribution in [1.29, 1.82) is 5.26 Å². The molecule has 1 fully saturated rings. The van der Waals surface area contributed by atoms with Gasteiger partial charge in [0, 0.05) is 16.6 Å². The smallest absolute Gasteiger partial charge is 0.405 e. The molecule has 1 aromatic rings. The van der Waals surface area contributed by atoms with Gasteiger partial charge in [-0.2, -0.15) is 5.26 Å². The molecule has 1 unspecified atom stereocenters. The average Bonchev–Trinajstić information content (AvgIpc) is 2.27. The van der Waals surface area contributed by atoms with Crippen LogP contribution in [0.1, 0.15) is 32.8 Å². The van der Waals surface area contributed by atoms with Gasteiger partial charge in [-0.25, -0.2) is 0 Å². The summed E-state index contributed by atoms with van der Waals surface area (Å²) in [5.41, 5.74) is 1.02. The molecular weight excluding hydrogens is 248 g/mol. The molecule has 1 saturated heterocycles. The summed E-state index contributed by atoms with van der Waals surface area (Å²) in [5.74, 6) is 0. The number of hydrogen-bond acceptors (Lipinski definition) is 3. The van der Waals surface area contributed by atoms with Crippen molar-refractivity contribution < 1.29 is 9.31 Å². The van der Waals surface area contributed by atoms with Crippen LogP contribution in [0.5, 0.6) is 0 Å². The summed E-state index contributed by atoms with van der Waals surface area (Å²) in [6, 6.07) is 7.21. The number of rotatable bonds is 1. The Balaban J connectivity index is 2.33. The fourth-order valence-corrected chi connectivity index (χ4v) is 2.45. The van der Waals surface area contributed by atoms with Crippen molar-refractivity contribution in [2.75, 3.05) is 0 Å². The molecule has 0 N–H and O–H groups in total. The maximum absolute atomic E-state index is 8.93. The molecule has 5 heteroatoms. The van der Waals surface area contributed by atoms with E-state index >= 15 is 0 Å². The summed E-state index contributed by atoms with van der Waals surface area (Å²) >= 11 is 6.16. The molecule has 94 valence electrons. The van der Waals surface area contributed by atoms with E-state index in [1.807, 2.05) is 20.8 Å². The lowest BCUT2D eigenvalue weighted by Crippen LogP contribution is -2.52.